The van der Waals surface area contributed by atoms with Crippen molar-refractivity contribution in [2.24, 2.45) is 0 Å². The number of carbonyl (C=O) groups is 1. The maximum Gasteiger partial charge on any atom is 0.253 e. The molecule has 1 aromatic carbocycles. The molecule has 3 heterocycles. The monoisotopic (exact) mass is 392 g/mol. The number of likely N-dealkylation sites (tertiary alicyclic amines) is 1. The lowest BCUT2D eigenvalue weighted by Crippen LogP contribution is -2.42. The number of carbonyl (C=O) groups excluding carboxylic acids is 1. The van der Waals surface area contributed by atoms with Gasteiger partial charge < -0.3 is 10.2 Å². The van der Waals surface area contributed by atoms with Crippen molar-refractivity contribution < 1.29 is 4.79 Å². The van der Waals surface area contributed by atoms with Crippen molar-refractivity contribution in [1.29, 1.82) is 0 Å². The van der Waals surface area contributed by atoms with E-state index < -0.39 is 0 Å². The fraction of sp³-hybridized carbons (Fsp3) is 0.409. The zero-order valence-corrected chi connectivity index (χ0v) is 16.7. The van der Waals surface area contributed by atoms with E-state index in [1.165, 1.54) is 35.1 Å². The van der Waals surface area contributed by atoms with Crippen LogP contribution in [0, 0.1) is 0 Å². The Hall–Kier alpha value is -2.47. The third-order valence-electron chi connectivity index (χ3n) is 5.90. The number of nitrogens with one attached hydrogen (secondary N) is 1. The second-order valence-corrected chi connectivity index (χ2v) is 8.77. The van der Waals surface area contributed by atoms with Crippen molar-refractivity contribution in [2.45, 2.75) is 44.6 Å². The molecule has 1 N–H and O–H groups in total. The Kier molecular flexibility index (Phi) is 4.72. The smallest absolute Gasteiger partial charge is 0.253 e. The Morgan fingerprint density at radius 3 is 2.68 bits per heavy atom. The maximum atomic E-state index is 12.7. The Labute approximate surface area is 168 Å². The molecule has 2 aromatic heterocycles. The van der Waals surface area contributed by atoms with Crippen LogP contribution in [0.5, 0.6) is 0 Å². The number of thiophene rings is 1. The van der Waals surface area contributed by atoms with E-state index in [1.54, 1.807) is 6.33 Å². The van der Waals surface area contributed by atoms with Crippen molar-refractivity contribution in [2.75, 3.05) is 18.4 Å². The van der Waals surface area contributed by atoms with Gasteiger partial charge in [-0.3, -0.25) is 4.79 Å². The van der Waals surface area contributed by atoms with Gasteiger partial charge >= 0.3 is 0 Å². The summed E-state index contributed by atoms with van der Waals surface area (Å²) in [6.45, 7) is 1.56. The van der Waals surface area contributed by atoms with Crippen molar-refractivity contribution in [3.63, 3.8) is 0 Å². The van der Waals surface area contributed by atoms with Crippen LogP contribution in [0.15, 0.2) is 36.7 Å². The Balaban J connectivity index is 1.30. The molecule has 2 aliphatic rings. The molecule has 5 nitrogen and oxygen atoms in total. The lowest BCUT2D eigenvalue weighted by Gasteiger charge is -2.33. The molecule has 0 atom stereocenters. The third-order valence-corrected chi connectivity index (χ3v) is 7.09. The highest BCUT2D eigenvalue weighted by Crippen LogP contribution is 2.38. The predicted octanol–water partition coefficient (Wildman–Crippen LogP) is 4.29. The van der Waals surface area contributed by atoms with Crippen LogP contribution in [0.2, 0.25) is 0 Å². The van der Waals surface area contributed by atoms with E-state index in [2.05, 4.69) is 15.3 Å². The number of anilines is 1. The summed E-state index contributed by atoms with van der Waals surface area (Å²) in [5, 5.41) is 4.92. The number of benzene rings is 1. The minimum atomic E-state index is 0.135. The minimum Gasteiger partial charge on any atom is -0.367 e. The SMILES string of the molecule is O=C(c1ccccc1)N1CCC(Nc2ncnc3sc4c(c23)CCCC4)CC1. The van der Waals surface area contributed by atoms with Crippen LogP contribution >= 0.6 is 11.3 Å². The Morgan fingerprint density at radius 2 is 1.86 bits per heavy atom. The summed E-state index contributed by atoms with van der Waals surface area (Å²) in [5.74, 6) is 1.12. The standard InChI is InChI=1S/C22H24N4OS/c27-22(15-6-2-1-3-7-15)26-12-10-16(11-13-26)25-20-19-17-8-4-5-9-18(17)28-21(19)24-14-23-20/h1-3,6-7,14,16H,4-5,8-13H2,(H,23,24,25). The van der Waals surface area contributed by atoms with Gasteiger partial charge in [0.1, 0.15) is 17.0 Å². The van der Waals surface area contributed by atoms with Crippen molar-refractivity contribution in [1.82, 2.24) is 14.9 Å². The lowest BCUT2D eigenvalue weighted by atomic mass is 9.96. The molecule has 28 heavy (non-hydrogen) atoms. The molecular weight excluding hydrogens is 368 g/mol. The van der Waals surface area contributed by atoms with Gasteiger partial charge in [0.25, 0.3) is 5.91 Å². The summed E-state index contributed by atoms with van der Waals surface area (Å²) in [7, 11) is 0. The average Bonchev–Trinajstić information content (AvgIpc) is 3.14. The first-order valence-corrected chi connectivity index (χ1v) is 11.0. The van der Waals surface area contributed by atoms with Gasteiger partial charge in [-0.05, 0) is 56.2 Å². The highest BCUT2D eigenvalue weighted by molar-refractivity contribution is 7.19. The zero-order valence-electron chi connectivity index (χ0n) is 15.9. The van der Waals surface area contributed by atoms with Crippen molar-refractivity contribution in [3.05, 3.63) is 52.7 Å². The molecular formula is C22H24N4OS. The van der Waals surface area contributed by atoms with Crippen LogP contribution in [0.25, 0.3) is 10.2 Å². The number of rotatable bonds is 3. The molecule has 5 rings (SSSR count). The molecule has 1 amide bonds. The number of piperidine rings is 1. The quantitative estimate of drug-likeness (QED) is 0.722. The molecule has 0 radical (unpaired) electrons. The summed E-state index contributed by atoms with van der Waals surface area (Å²) in [6.07, 6.45) is 8.42. The van der Waals surface area contributed by atoms with Gasteiger partial charge in [0.2, 0.25) is 0 Å². The van der Waals surface area contributed by atoms with Crippen molar-refractivity contribution in [3.8, 4) is 0 Å². The van der Waals surface area contributed by atoms with Crippen LogP contribution in [0.4, 0.5) is 5.82 Å². The second kappa shape index (κ2) is 7.51. The van der Waals surface area contributed by atoms with Gasteiger partial charge in [-0.15, -0.1) is 11.3 Å². The minimum absolute atomic E-state index is 0.135. The summed E-state index contributed by atoms with van der Waals surface area (Å²) >= 11 is 1.83. The molecule has 144 valence electrons. The fourth-order valence-corrected chi connectivity index (χ4v) is 5.61. The normalized spacial score (nSPS) is 17.5. The number of aromatic nitrogens is 2. The van der Waals surface area contributed by atoms with E-state index in [4.69, 9.17) is 0 Å². The van der Waals surface area contributed by atoms with Gasteiger partial charge in [0.15, 0.2) is 0 Å². The van der Waals surface area contributed by atoms with Gasteiger partial charge in [-0.25, -0.2) is 9.97 Å². The second-order valence-electron chi connectivity index (χ2n) is 7.69. The Bertz CT molecular complexity index is 992. The summed E-state index contributed by atoms with van der Waals surface area (Å²) in [4.78, 5) is 26.3. The van der Waals surface area contributed by atoms with E-state index in [1.807, 2.05) is 46.6 Å². The number of hydrogen-bond acceptors (Lipinski definition) is 5. The van der Waals surface area contributed by atoms with Crippen LogP contribution in [-0.4, -0.2) is 39.9 Å². The van der Waals surface area contributed by atoms with Gasteiger partial charge in [0, 0.05) is 29.6 Å². The molecule has 1 fully saturated rings. The molecule has 3 aromatic rings. The van der Waals surface area contributed by atoms with Gasteiger partial charge in [0.05, 0.1) is 5.39 Å². The number of nitrogens with zero attached hydrogens (tertiary/aromatic N) is 3. The van der Waals surface area contributed by atoms with Gasteiger partial charge in [-0.2, -0.15) is 0 Å². The zero-order chi connectivity index (χ0) is 18.9. The van der Waals surface area contributed by atoms with Crippen LogP contribution in [-0.2, 0) is 12.8 Å². The predicted molar refractivity (Wildman–Crippen MR) is 113 cm³/mol. The fourth-order valence-electron chi connectivity index (χ4n) is 4.38. The number of fused-ring (bicyclic) bond motifs is 3. The molecule has 1 saturated heterocycles. The van der Waals surface area contributed by atoms with Gasteiger partial charge in [-0.1, -0.05) is 18.2 Å². The molecule has 1 aliphatic heterocycles. The third kappa shape index (κ3) is 3.26. The molecule has 0 bridgehead atoms. The number of hydrogen-bond donors (Lipinski definition) is 1. The first kappa shape index (κ1) is 17.6. The van der Waals surface area contributed by atoms with Crippen molar-refractivity contribution >= 4 is 33.3 Å². The molecule has 6 heteroatoms. The summed E-state index contributed by atoms with van der Waals surface area (Å²) in [6, 6.07) is 9.91. The summed E-state index contributed by atoms with van der Waals surface area (Å²) < 4.78 is 0. The topological polar surface area (TPSA) is 58.1 Å². The molecule has 0 saturated carbocycles. The number of aryl methyl sites for hydroxylation is 2. The van der Waals surface area contributed by atoms with E-state index in [0.29, 0.717) is 6.04 Å². The first-order chi connectivity index (χ1) is 13.8. The average molecular weight is 393 g/mol. The number of amides is 1. The summed E-state index contributed by atoms with van der Waals surface area (Å²) in [5.41, 5.74) is 2.24. The van der Waals surface area contributed by atoms with Crippen LogP contribution in [0.3, 0.4) is 0 Å². The van der Waals surface area contributed by atoms with E-state index in [0.717, 1.165) is 48.6 Å². The maximum absolute atomic E-state index is 12.7. The molecule has 0 spiro atoms. The highest BCUT2D eigenvalue weighted by Gasteiger charge is 2.25. The highest BCUT2D eigenvalue weighted by atomic mass is 32.1. The lowest BCUT2D eigenvalue weighted by molar-refractivity contribution is 0.0718. The first-order valence-electron chi connectivity index (χ1n) is 10.2. The van der Waals surface area contributed by atoms with E-state index >= 15 is 0 Å². The van der Waals surface area contributed by atoms with E-state index in [-0.39, 0.29) is 5.91 Å². The van der Waals surface area contributed by atoms with Crippen LogP contribution in [0.1, 0.15) is 46.5 Å². The van der Waals surface area contributed by atoms with E-state index in [9.17, 15) is 4.79 Å². The van der Waals surface area contributed by atoms with Crippen LogP contribution < -0.4 is 5.32 Å². The largest absolute Gasteiger partial charge is 0.367 e. The molecule has 0 unspecified atom stereocenters. The molecule has 1 aliphatic carbocycles. The Morgan fingerprint density at radius 1 is 1.07 bits per heavy atom.